The van der Waals surface area contributed by atoms with E-state index in [1.807, 2.05) is 43.3 Å². The Bertz CT molecular complexity index is 512. The molecule has 2 aliphatic rings. The molecule has 4 atom stereocenters. The second-order valence-corrected chi connectivity index (χ2v) is 6.34. The van der Waals surface area contributed by atoms with Crippen LogP contribution in [-0.2, 0) is 4.79 Å². The van der Waals surface area contributed by atoms with E-state index in [9.17, 15) is 4.79 Å². The molecule has 0 heterocycles. The van der Waals surface area contributed by atoms with Crippen molar-refractivity contribution in [2.24, 2.45) is 23.5 Å². The molecule has 0 saturated heterocycles. The highest BCUT2D eigenvalue weighted by Crippen LogP contribution is 2.48. The van der Waals surface area contributed by atoms with Crippen LogP contribution in [0.2, 0.25) is 0 Å². The Hall–Kier alpha value is -1.55. The van der Waals surface area contributed by atoms with Gasteiger partial charge in [0, 0.05) is 20.1 Å². The van der Waals surface area contributed by atoms with E-state index >= 15 is 0 Å². The van der Waals surface area contributed by atoms with Crippen LogP contribution in [0.1, 0.15) is 19.3 Å². The third-order valence-corrected chi connectivity index (χ3v) is 4.93. The lowest BCUT2D eigenvalue weighted by atomic mass is 9.84. The Morgan fingerprint density at radius 3 is 2.60 bits per heavy atom. The summed E-state index contributed by atoms with van der Waals surface area (Å²) in [5.41, 5.74) is 8.14. The zero-order valence-corrected chi connectivity index (χ0v) is 12.2. The second kappa shape index (κ2) is 5.09. The molecule has 4 unspecified atom stereocenters. The average molecular weight is 273 g/mol. The second-order valence-electron chi connectivity index (χ2n) is 6.34. The van der Waals surface area contributed by atoms with Crippen LogP contribution < -0.4 is 16.0 Å². The lowest BCUT2D eigenvalue weighted by molar-refractivity contribution is -0.121. The van der Waals surface area contributed by atoms with E-state index in [4.69, 9.17) is 5.73 Å². The zero-order chi connectivity index (χ0) is 14.3. The highest BCUT2D eigenvalue weighted by Gasteiger charge is 2.49. The number of nitrogens with two attached hydrogens (primary N) is 1. The predicted molar refractivity (Wildman–Crippen MR) is 81.7 cm³/mol. The van der Waals surface area contributed by atoms with Crippen LogP contribution in [0, 0.1) is 17.8 Å². The van der Waals surface area contributed by atoms with Gasteiger partial charge in [-0.2, -0.15) is 0 Å². The largest absolute Gasteiger partial charge is 0.376 e. The molecule has 4 heteroatoms. The van der Waals surface area contributed by atoms with Crippen molar-refractivity contribution in [3.8, 4) is 0 Å². The van der Waals surface area contributed by atoms with Crippen molar-refractivity contribution in [2.75, 3.05) is 24.3 Å². The topological polar surface area (TPSA) is 58.4 Å². The minimum atomic E-state index is -0.0102. The first kappa shape index (κ1) is 13.4. The molecular formula is C16H23N3O. The first-order valence-corrected chi connectivity index (χ1v) is 7.40. The minimum Gasteiger partial charge on any atom is -0.376 e. The fourth-order valence-electron chi connectivity index (χ4n) is 3.91. The van der Waals surface area contributed by atoms with Gasteiger partial charge in [-0.25, -0.2) is 0 Å². The van der Waals surface area contributed by atoms with Gasteiger partial charge in [0.25, 0.3) is 0 Å². The summed E-state index contributed by atoms with van der Waals surface area (Å²) >= 11 is 0. The maximum absolute atomic E-state index is 12.6. The highest BCUT2D eigenvalue weighted by atomic mass is 16.2. The lowest BCUT2D eigenvalue weighted by Crippen LogP contribution is -2.42. The van der Waals surface area contributed by atoms with Crippen molar-refractivity contribution in [3.05, 3.63) is 24.3 Å². The van der Waals surface area contributed by atoms with Crippen molar-refractivity contribution in [2.45, 2.75) is 25.3 Å². The monoisotopic (exact) mass is 273 g/mol. The first-order chi connectivity index (χ1) is 9.58. The van der Waals surface area contributed by atoms with Crippen molar-refractivity contribution in [1.29, 1.82) is 0 Å². The standard InChI is InChI=1S/C16H23N3O/c1-19(2)13-6-4-3-5-12(13)18-16(20)14-10-7-8-11(9-10)15(14)17/h3-6,10-11,14-15H,7-9,17H2,1-2H3,(H,18,20). The molecular weight excluding hydrogens is 250 g/mol. The summed E-state index contributed by atoms with van der Waals surface area (Å²) in [6, 6.07) is 7.93. The Morgan fingerprint density at radius 1 is 1.25 bits per heavy atom. The van der Waals surface area contributed by atoms with E-state index in [-0.39, 0.29) is 17.9 Å². The molecule has 1 amide bonds. The molecule has 108 valence electrons. The summed E-state index contributed by atoms with van der Waals surface area (Å²) in [6.45, 7) is 0. The number of rotatable bonds is 3. The van der Waals surface area contributed by atoms with Crippen LogP contribution in [0.4, 0.5) is 11.4 Å². The number of anilines is 2. The molecule has 2 fully saturated rings. The van der Waals surface area contributed by atoms with Crippen LogP contribution in [0.15, 0.2) is 24.3 Å². The van der Waals surface area contributed by atoms with Crippen molar-refractivity contribution in [3.63, 3.8) is 0 Å². The van der Waals surface area contributed by atoms with E-state index in [1.165, 1.54) is 6.42 Å². The average Bonchev–Trinajstić information content (AvgIpc) is 2.99. The number of amides is 1. The van der Waals surface area contributed by atoms with Gasteiger partial charge in [0.2, 0.25) is 5.91 Å². The van der Waals surface area contributed by atoms with Crippen molar-refractivity contribution >= 4 is 17.3 Å². The number of para-hydroxylation sites is 2. The molecule has 2 aliphatic carbocycles. The number of fused-ring (bicyclic) bond motifs is 2. The van der Waals surface area contributed by atoms with Gasteiger partial charge in [-0.3, -0.25) is 4.79 Å². The molecule has 1 aromatic carbocycles. The highest BCUT2D eigenvalue weighted by molar-refractivity contribution is 5.96. The van der Waals surface area contributed by atoms with Gasteiger partial charge < -0.3 is 16.0 Å². The summed E-state index contributed by atoms with van der Waals surface area (Å²) in [7, 11) is 3.96. The predicted octanol–water partition coefficient (Wildman–Crippen LogP) is 2.06. The molecule has 4 nitrogen and oxygen atoms in total. The SMILES string of the molecule is CN(C)c1ccccc1NC(=O)C1C2CCC(C2)C1N. The third-order valence-electron chi connectivity index (χ3n) is 4.93. The van der Waals surface area contributed by atoms with Gasteiger partial charge in [-0.15, -0.1) is 0 Å². The molecule has 2 bridgehead atoms. The summed E-state index contributed by atoms with van der Waals surface area (Å²) in [4.78, 5) is 14.6. The molecule has 2 saturated carbocycles. The molecule has 1 aromatic rings. The van der Waals surface area contributed by atoms with Crippen LogP contribution in [0.5, 0.6) is 0 Å². The fraction of sp³-hybridized carbons (Fsp3) is 0.562. The van der Waals surface area contributed by atoms with E-state index in [0.29, 0.717) is 11.8 Å². The number of nitrogens with zero attached hydrogens (tertiary/aromatic N) is 1. The minimum absolute atomic E-state index is 0.0102. The van der Waals surface area contributed by atoms with E-state index in [0.717, 1.165) is 24.2 Å². The van der Waals surface area contributed by atoms with Crippen molar-refractivity contribution in [1.82, 2.24) is 0 Å². The van der Waals surface area contributed by atoms with Gasteiger partial charge in [0.05, 0.1) is 17.3 Å². The van der Waals surface area contributed by atoms with Crippen LogP contribution >= 0.6 is 0 Å². The van der Waals surface area contributed by atoms with Gasteiger partial charge in [0.15, 0.2) is 0 Å². The number of carbonyl (C=O) groups excluding carboxylic acids is 1. The van der Waals surface area contributed by atoms with Gasteiger partial charge >= 0.3 is 0 Å². The fourth-order valence-corrected chi connectivity index (χ4v) is 3.91. The van der Waals surface area contributed by atoms with Crippen LogP contribution in [0.25, 0.3) is 0 Å². The van der Waals surface area contributed by atoms with E-state index in [1.54, 1.807) is 0 Å². The van der Waals surface area contributed by atoms with Crippen molar-refractivity contribution < 1.29 is 4.79 Å². The molecule has 3 N–H and O–H groups in total. The van der Waals surface area contributed by atoms with Gasteiger partial charge in [-0.1, -0.05) is 12.1 Å². The summed E-state index contributed by atoms with van der Waals surface area (Å²) in [5, 5.41) is 3.09. The number of benzene rings is 1. The Morgan fingerprint density at radius 2 is 1.95 bits per heavy atom. The number of nitrogens with one attached hydrogen (secondary N) is 1. The molecule has 0 spiro atoms. The maximum atomic E-state index is 12.6. The van der Waals surface area contributed by atoms with E-state index in [2.05, 4.69) is 5.32 Å². The van der Waals surface area contributed by atoms with Crippen LogP contribution in [-0.4, -0.2) is 26.0 Å². The zero-order valence-electron chi connectivity index (χ0n) is 12.2. The Balaban J connectivity index is 1.77. The summed E-state index contributed by atoms with van der Waals surface area (Å²) in [6.07, 6.45) is 3.49. The maximum Gasteiger partial charge on any atom is 0.229 e. The molecule has 0 radical (unpaired) electrons. The number of carbonyl (C=O) groups is 1. The van der Waals surface area contributed by atoms with E-state index < -0.39 is 0 Å². The smallest absolute Gasteiger partial charge is 0.229 e. The quantitative estimate of drug-likeness (QED) is 0.886. The number of hydrogen-bond acceptors (Lipinski definition) is 3. The van der Waals surface area contributed by atoms with Crippen LogP contribution in [0.3, 0.4) is 0 Å². The van der Waals surface area contributed by atoms with Gasteiger partial charge in [0.1, 0.15) is 0 Å². The third kappa shape index (κ3) is 2.18. The summed E-state index contributed by atoms with van der Waals surface area (Å²) < 4.78 is 0. The lowest BCUT2D eigenvalue weighted by Gasteiger charge is -2.27. The molecule has 3 rings (SSSR count). The Labute approximate surface area is 120 Å². The summed E-state index contributed by atoms with van der Waals surface area (Å²) in [5.74, 6) is 1.13. The Kier molecular flexibility index (Phi) is 3.42. The normalized spacial score (nSPS) is 31.4. The molecule has 0 aliphatic heterocycles. The first-order valence-electron chi connectivity index (χ1n) is 7.40. The van der Waals surface area contributed by atoms with Gasteiger partial charge in [-0.05, 0) is 43.2 Å². The molecule has 0 aromatic heterocycles. The molecule has 20 heavy (non-hydrogen) atoms. The number of hydrogen-bond donors (Lipinski definition) is 2.